The lowest BCUT2D eigenvalue weighted by molar-refractivity contribution is -0.193. The summed E-state index contributed by atoms with van der Waals surface area (Å²) >= 11 is 0. The first-order chi connectivity index (χ1) is 19.7. The molecule has 1 N–H and O–H groups in total. The average molecular weight is 579 g/mol. The first kappa shape index (κ1) is 28.2. The zero-order chi connectivity index (χ0) is 30.0. The van der Waals surface area contributed by atoms with Crippen LogP contribution in [-0.2, 0) is 18.8 Å². The maximum Gasteiger partial charge on any atom is 0.494 e. The van der Waals surface area contributed by atoms with Crippen molar-refractivity contribution >= 4 is 46.4 Å². The van der Waals surface area contributed by atoms with Gasteiger partial charge >= 0.3 is 25.4 Å². The molecule has 0 saturated carbocycles. The van der Waals surface area contributed by atoms with Crippen LogP contribution >= 0.6 is 0 Å². The van der Waals surface area contributed by atoms with E-state index >= 15 is 0 Å². The van der Waals surface area contributed by atoms with Gasteiger partial charge in [-0.25, -0.2) is 14.6 Å². The maximum absolute atomic E-state index is 12.6. The Balaban J connectivity index is 1.26. The molecule has 42 heavy (non-hydrogen) atoms. The molecule has 3 aromatic carbocycles. The standard InChI is InChI=1S/C30H29BF3N3O5/c1-28(2)29(3,4)42-31(41-28)21-11-9-17-7-8-18(14-20(17)15-21)19-10-12-22-23(16-19)36-25(35-22)24-6-5-13-37(24)27(39)40-26(38)30(32,33)34/h7-12,14-16,24H,5-6,13H2,1-4H3,(H,35,36). The third kappa shape index (κ3) is 5.02. The van der Waals surface area contributed by atoms with Crippen molar-refractivity contribution < 1.29 is 36.8 Å². The highest BCUT2D eigenvalue weighted by atomic mass is 19.4. The molecule has 218 valence electrons. The third-order valence-electron chi connectivity index (χ3n) is 8.44. The summed E-state index contributed by atoms with van der Waals surface area (Å²) in [5, 5.41) is 2.10. The number of benzene rings is 3. The summed E-state index contributed by atoms with van der Waals surface area (Å²) in [6.45, 7) is 8.24. The highest BCUT2D eigenvalue weighted by Crippen LogP contribution is 2.37. The highest BCUT2D eigenvalue weighted by molar-refractivity contribution is 6.62. The number of carbonyl (C=O) groups excluding carboxylic acids is 2. The van der Waals surface area contributed by atoms with Gasteiger partial charge in [-0.05, 0) is 86.1 Å². The smallest absolute Gasteiger partial charge is 0.399 e. The van der Waals surface area contributed by atoms with E-state index in [4.69, 9.17) is 9.31 Å². The third-order valence-corrected chi connectivity index (χ3v) is 8.44. The topological polar surface area (TPSA) is 93.7 Å². The van der Waals surface area contributed by atoms with Gasteiger partial charge in [-0.1, -0.05) is 36.4 Å². The molecule has 1 atom stereocenters. The van der Waals surface area contributed by atoms with Crippen molar-refractivity contribution in [2.24, 2.45) is 0 Å². The summed E-state index contributed by atoms with van der Waals surface area (Å²) in [6, 6.07) is 17.4. The van der Waals surface area contributed by atoms with Crippen molar-refractivity contribution in [1.29, 1.82) is 0 Å². The SMILES string of the molecule is CC1(C)OB(c2ccc3ccc(-c4ccc5nc(C6CCCN6C(=O)OC(=O)C(F)(F)F)[nH]c5c4)cc3c2)OC1(C)C. The number of H-pyrrole nitrogens is 1. The number of hydrogen-bond acceptors (Lipinski definition) is 6. The molecular weight excluding hydrogens is 550 g/mol. The molecule has 8 nitrogen and oxygen atoms in total. The second-order valence-electron chi connectivity index (χ2n) is 11.8. The number of aromatic amines is 1. The Kier molecular flexibility index (Phi) is 6.62. The molecule has 0 bridgehead atoms. The van der Waals surface area contributed by atoms with E-state index in [2.05, 4.69) is 26.8 Å². The number of ether oxygens (including phenoxy) is 1. The zero-order valence-electron chi connectivity index (χ0n) is 23.5. The van der Waals surface area contributed by atoms with Gasteiger partial charge in [0.05, 0.1) is 28.3 Å². The summed E-state index contributed by atoms with van der Waals surface area (Å²) in [5.74, 6) is -2.12. The number of esters is 1. The Morgan fingerprint density at radius 3 is 2.36 bits per heavy atom. The first-order valence-electron chi connectivity index (χ1n) is 13.7. The minimum absolute atomic E-state index is 0.155. The summed E-state index contributed by atoms with van der Waals surface area (Å²) in [4.78, 5) is 32.4. The summed E-state index contributed by atoms with van der Waals surface area (Å²) < 4.78 is 54.3. The number of nitrogens with zero attached hydrogens (tertiary/aromatic N) is 2. The summed E-state index contributed by atoms with van der Waals surface area (Å²) in [5.41, 5.74) is 3.31. The van der Waals surface area contributed by atoms with E-state index < -0.39 is 42.6 Å². The van der Waals surface area contributed by atoms with Crippen LogP contribution in [0.1, 0.15) is 52.4 Å². The molecular formula is C30H29BF3N3O5. The van der Waals surface area contributed by atoms with Gasteiger partial charge < -0.3 is 19.0 Å². The quantitative estimate of drug-likeness (QED) is 0.181. The van der Waals surface area contributed by atoms with Gasteiger partial charge in [0.15, 0.2) is 0 Å². The molecule has 0 aliphatic carbocycles. The van der Waals surface area contributed by atoms with Gasteiger partial charge in [-0.2, -0.15) is 13.2 Å². The van der Waals surface area contributed by atoms with E-state index in [1.165, 1.54) is 0 Å². The van der Waals surface area contributed by atoms with Crippen molar-refractivity contribution in [2.75, 3.05) is 6.54 Å². The molecule has 0 radical (unpaired) electrons. The second-order valence-corrected chi connectivity index (χ2v) is 11.8. The largest absolute Gasteiger partial charge is 0.494 e. The van der Waals surface area contributed by atoms with Crippen molar-refractivity contribution in [1.82, 2.24) is 14.9 Å². The van der Waals surface area contributed by atoms with Crippen molar-refractivity contribution in [3.63, 3.8) is 0 Å². The van der Waals surface area contributed by atoms with Gasteiger partial charge in [0.25, 0.3) is 0 Å². The van der Waals surface area contributed by atoms with Crippen LogP contribution < -0.4 is 5.46 Å². The molecule has 2 aliphatic rings. The van der Waals surface area contributed by atoms with Gasteiger partial charge in [0, 0.05) is 6.54 Å². The van der Waals surface area contributed by atoms with Crippen LogP contribution in [0, 0.1) is 0 Å². The normalized spacial score (nSPS) is 20.0. The van der Waals surface area contributed by atoms with Crippen molar-refractivity contribution in [3.05, 3.63) is 60.4 Å². The lowest BCUT2D eigenvalue weighted by atomic mass is 9.78. The average Bonchev–Trinajstić information content (AvgIpc) is 3.62. The number of likely N-dealkylation sites (tertiary alicyclic amines) is 1. The molecule has 4 aromatic rings. The number of carbonyl (C=O) groups is 2. The molecule has 1 amide bonds. The van der Waals surface area contributed by atoms with Crippen LogP contribution in [0.25, 0.3) is 32.9 Å². The lowest BCUT2D eigenvalue weighted by Gasteiger charge is -2.32. The number of amides is 1. The predicted octanol–water partition coefficient (Wildman–Crippen LogP) is 6.04. The van der Waals surface area contributed by atoms with E-state index in [9.17, 15) is 22.8 Å². The van der Waals surface area contributed by atoms with E-state index in [0.717, 1.165) is 32.3 Å². The Morgan fingerprint density at radius 1 is 0.976 bits per heavy atom. The molecule has 2 aliphatic heterocycles. The minimum atomic E-state index is -5.25. The fourth-order valence-corrected chi connectivity index (χ4v) is 5.40. The number of alkyl halides is 3. The van der Waals surface area contributed by atoms with Crippen LogP contribution in [0.4, 0.5) is 18.0 Å². The number of imidazole rings is 1. The van der Waals surface area contributed by atoms with Crippen molar-refractivity contribution in [3.8, 4) is 11.1 Å². The van der Waals surface area contributed by atoms with E-state index in [1.54, 1.807) is 0 Å². The Hall–Kier alpha value is -3.90. The number of hydrogen-bond donors (Lipinski definition) is 1. The van der Waals surface area contributed by atoms with Crippen LogP contribution in [0.2, 0.25) is 0 Å². The highest BCUT2D eigenvalue weighted by Gasteiger charge is 2.51. The fourth-order valence-electron chi connectivity index (χ4n) is 5.40. The molecule has 3 heterocycles. The number of rotatable bonds is 3. The Labute approximate surface area is 240 Å². The molecule has 6 rings (SSSR count). The summed E-state index contributed by atoms with van der Waals surface area (Å²) in [6.07, 6.45) is -5.58. The number of nitrogens with one attached hydrogen (secondary N) is 1. The van der Waals surface area contributed by atoms with Crippen LogP contribution in [0.5, 0.6) is 0 Å². The minimum Gasteiger partial charge on any atom is -0.399 e. The zero-order valence-corrected chi connectivity index (χ0v) is 23.5. The predicted molar refractivity (Wildman–Crippen MR) is 151 cm³/mol. The fraction of sp³-hybridized carbons (Fsp3) is 0.367. The van der Waals surface area contributed by atoms with E-state index in [-0.39, 0.29) is 6.54 Å². The molecule has 0 spiro atoms. The lowest BCUT2D eigenvalue weighted by Crippen LogP contribution is -2.41. The van der Waals surface area contributed by atoms with Crippen LogP contribution in [0.15, 0.2) is 54.6 Å². The number of fused-ring (bicyclic) bond motifs is 2. The monoisotopic (exact) mass is 579 g/mol. The Morgan fingerprint density at radius 2 is 1.64 bits per heavy atom. The Bertz CT molecular complexity index is 1700. The van der Waals surface area contributed by atoms with E-state index in [1.807, 2.05) is 70.2 Å². The molecule has 2 fully saturated rings. The molecule has 12 heteroatoms. The van der Waals surface area contributed by atoms with Crippen LogP contribution in [-0.4, -0.2) is 58.0 Å². The number of halogens is 3. The summed E-state index contributed by atoms with van der Waals surface area (Å²) in [7, 11) is -0.471. The van der Waals surface area contributed by atoms with Gasteiger partial charge in [0.1, 0.15) is 5.82 Å². The first-order valence-corrected chi connectivity index (χ1v) is 13.7. The number of aromatic nitrogens is 2. The van der Waals surface area contributed by atoms with Gasteiger partial charge in [0.2, 0.25) is 0 Å². The molecule has 1 unspecified atom stereocenters. The van der Waals surface area contributed by atoms with Gasteiger partial charge in [-0.15, -0.1) is 0 Å². The molecule has 2 saturated heterocycles. The van der Waals surface area contributed by atoms with E-state index in [0.29, 0.717) is 29.7 Å². The van der Waals surface area contributed by atoms with Gasteiger partial charge in [-0.3, -0.25) is 4.90 Å². The van der Waals surface area contributed by atoms with Crippen LogP contribution in [0.3, 0.4) is 0 Å². The van der Waals surface area contributed by atoms with Crippen molar-refractivity contribution in [2.45, 2.75) is 64.0 Å². The maximum atomic E-state index is 12.6. The second kappa shape index (κ2) is 9.84. The molecule has 1 aromatic heterocycles.